The van der Waals surface area contributed by atoms with Crippen molar-refractivity contribution in [2.24, 2.45) is 0 Å². The van der Waals surface area contributed by atoms with Gasteiger partial charge in [-0.25, -0.2) is 13.1 Å². The quantitative estimate of drug-likeness (QED) is 0.737. The van der Waals surface area contributed by atoms with Crippen LogP contribution >= 0.6 is 11.6 Å². The molecule has 0 unspecified atom stereocenters. The Morgan fingerprint density at radius 1 is 1.27 bits per heavy atom. The molecule has 1 fully saturated rings. The summed E-state index contributed by atoms with van der Waals surface area (Å²) in [4.78, 5) is 12.8. The second-order valence-electron chi connectivity index (χ2n) is 6.95. The molecule has 2 aliphatic rings. The summed E-state index contributed by atoms with van der Waals surface area (Å²) >= 11 is 6.52. The van der Waals surface area contributed by atoms with Crippen molar-refractivity contribution in [3.05, 3.63) is 57.4 Å². The summed E-state index contributed by atoms with van der Waals surface area (Å²) in [7, 11) is -3.02. The van der Waals surface area contributed by atoms with Crippen molar-refractivity contribution in [1.29, 1.82) is 0 Å². The van der Waals surface area contributed by atoms with E-state index in [2.05, 4.69) is 5.10 Å². The zero-order valence-corrected chi connectivity index (χ0v) is 16.0. The lowest BCUT2D eigenvalue weighted by atomic mass is 9.86. The number of hydrogen-bond donors (Lipinski definition) is 0. The van der Waals surface area contributed by atoms with E-state index in [1.165, 1.54) is 0 Å². The van der Waals surface area contributed by atoms with Crippen LogP contribution in [-0.2, 0) is 16.3 Å². The minimum Gasteiger partial charge on any atom is -0.289 e. The average molecular weight is 391 g/mol. The predicted octanol–water partition coefficient (Wildman–Crippen LogP) is 3.42. The lowest BCUT2D eigenvalue weighted by molar-refractivity contribution is 0.102. The van der Waals surface area contributed by atoms with E-state index in [0.717, 1.165) is 17.5 Å². The van der Waals surface area contributed by atoms with Crippen molar-refractivity contribution >= 4 is 33.3 Å². The standard InChI is InChI=1S/C19H19ClN2O3S/c1-12-17(19(20)22(21-12)15-8-9-26(24,25)11-15)10-14-7-6-13-4-2-3-5-16(13)18(14)23/h2-5,10,15H,6-9,11H2,1H3/b14-10+/t15-/m1/s1. The summed E-state index contributed by atoms with van der Waals surface area (Å²) < 4.78 is 25.1. The van der Waals surface area contributed by atoms with Crippen molar-refractivity contribution in [1.82, 2.24) is 9.78 Å². The second-order valence-corrected chi connectivity index (χ2v) is 9.53. The molecule has 136 valence electrons. The largest absolute Gasteiger partial charge is 0.289 e. The third kappa shape index (κ3) is 3.01. The van der Waals surface area contributed by atoms with Crippen molar-refractivity contribution in [2.45, 2.75) is 32.2 Å². The number of aromatic nitrogens is 2. The van der Waals surface area contributed by atoms with Crippen LogP contribution in [0.25, 0.3) is 6.08 Å². The molecule has 1 atom stereocenters. The first kappa shape index (κ1) is 17.5. The van der Waals surface area contributed by atoms with Crippen LogP contribution in [0.5, 0.6) is 0 Å². The summed E-state index contributed by atoms with van der Waals surface area (Å²) in [5.41, 5.74) is 3.95. The average Bonchev–Trinajstić information content (AvgIpc) is 3.10. The van der Waals surface area contributed by atoms with Gasteiger partial charge in [-0.3, -0.25) is 4.79 Å². The highest BCUT2D eigenvalue weighted by Gasteiger charge is 2.32. The molecule has 0 N–H and O–H groups in total. The molecule has 4 rings (SSSR count). The van der Waals surface area contributed by atoms with Crippen LogP contribution in [0, 0.1) is 6.92 Å². The number of Topliss-reactive ketones (excluding diaryl/α,β-unsaturated/α-hetero) is 1. The van der Waals surface area contributed by atoms with Crippen LogP contribution in [0.4, 0.5) is 0 Å². The first-order chi connectivity index (χ1) is 12.4. The number of hydrogen-bond acceptors (Lipinski definition) is 4. The summed E-state index contributed by atoms with van der Waals surface area (Å²) in [6, 6.07) is 7.42. The number of allylic oxidation sites excluding steroid dienone is 1. The van der Waals surface area contributed by atoms with Gasteiger partial charge in [-0.15, -0.1) is 0 Å². The number of ketones is 1. The van der Waals surface area contributed by atoms with E-state index in [-0.39, 0.29) is 23.3 Å². The molecule has 1 aliphatic carbocycles. The Hall–Kier alpha value is -1.92. The lowest BCUT2D eigenvalue weighted by Gasteiger charge is -2.17. The summed E-state index contributed by atoms with van der Waals surface area (Å²) in [6.07, 6.45) is 3.82. The molecule has 1 aromatic heterocycles. The van der Waals surface area contributed by atoms with E-state index in [4.69, 9.17) is 11.6 Å². The van der Waals surface area contributed by atoms with Gasteiger partial charge in [0.15, 0.2) is 15.6 Å². The van der Waals surface area contributed by atoms with Crippen molar-refractivity contribution in [2.75, 3.05) is 11.5 Å². The van der Waals surface area contributed by atoms with Gasteiger partial charge in [0.2, 0.25) is 0 Å². The Labute approximate surface area is 157 Å². The zero-order valence-electron chi connectivity index (χ0n) is 14.4. The number of halogens is 1. The minimum atomic E-state index is -3.02. The Morgan fingerprint density at radius 3 is 2.77 bits per heavy atom. The van der Waals surface area contributed by atoms with Gasteiger partial charge in [-0.1, -0.05) is 35.9 Å². The van der Waals surface area contributed by atoms with E-state index in [1.807, 2.05) is 37.3 Å². The van der Waals surface area contributed by atoms with E-state index in [9.17, 15) is 13.2 Å². The Morgan fingerprint density at radius 2 is 2.04 bits per heavy atom. The van der Waals surface area contributed by atoms with E-state index in [0.29, 0.717) is 34.8 Å². The maximum atomic E-state index is 12.8. The van der Waals surface area contributed by atoms with Crippen molar-refractivity contribution in [3.8, 4) is 0 Å². The third-order valence-electron chi connectivity index (χ3n) is 5.16. The van der Waals surface area contributed by atoms with Crippen LogP contribution in [0.1, 0.15) is 46.1 Å². The fraction of sp³-hybridized carbons (Fsp3) is 0.368. The Balaban J connectivity index is 1.69. The number of benzene rings is 1. The van der Waals surface area contributed by atoms with E-state index >= 15 is 0 Å². The van der Waals surface area contributed by atoms with Crippen LogP contribution in [-0.4, -0.2) is 35.5 Å². The van der Waals surface area contributed by atoms with Crippen molar-refractivity contribution < 1.29 is 13.2 Å². The van der Waals surface area contributed by atoms with E-state index in [1.54, 1.807) is 4.68 Å². The van der Waals surface area contributed by atoms with Gasteiger partial charge < -0.3 is 0 Å². The highest BCUT2D eigenvalue weighted by molar-refractivity contribution is 7.91. The third-order valence-corrected chi connectivity index (χ3v) is 7.29. The topological polar surface area (TPSA) is 69.0 Å². The number of fused-ring (bicyclic) bond motifs is 1. The van der Waals surface area contributed by atoms with E-state index < -0.39 is 9.84 Å². The predicted molar refractivity (Wildman–Crippen MR) is 101 cm³/mol. The van der Waals surface area contributed by atoms with Crippen LogP contribution < -0.4 is 0 Å². The number of carbonyl (C=O) groups is 1. The molecule has 7 heteroatoms. The number of sulfone groups is 1. The Kier molecular flexibility index (Phi) is 4.28. The highest BCUT2D eigenvalue weighted by Crippen LogP contribution is 2.33. The molecule has 0 spiro atoms. The molecule has 26 heavy (non-hydrogen) atoms. The molecular weight excluding hydrogens is 372 g/mol. The van der Waals surface area contributed by atoms with Crippen molar-refractivity contribution in [3.63, 3.8) is 0 Å². The van der Waals surface area contributed by atoms with Gasteiger partial charge >= 0.3 is 0 Å². The minimum absolute atomic E-state index is 0.0264. The summed E-state index contributed by atoms with van der Waals surface area (Å²) in [5, 5.41) is 4.86. The van der Waals surface area contributed by atoms with Crippen LogP contribution in [0.2, 0.25) is 5.15 Å². The molecule has 0 amide bonds. The van der Waals surface area contributed by atoms with Gasteiger partial charge in [0.25, 0.3) is 0 Å². The zero-order chi connectivity index (χ0) is 18.5. The number of nitrogens with zero attached hydrogens (tertiary/aromatic N) is 2. The molecule has 1 aliphatic heterocycles. The van der Waals surface area contributed by atoms with Crippen LogP contribution in [0.15, 0.2) is 29.8 Å². The lowest BCUT2D eigenvalue weighted by Crippen LogP contribution is -2.14. The monoisotopic (exact) mass is 390 g/mol. The molecule has 0 bridgehead atoms. The molecule has 5 nitrogen and oxygen atoms in total. The number of aryl methyl sites for hydroxylation is 2. The highest BCUT2D eigenvalue weighted by atomic mass is 35.5. The normalized spacial score (nSPS) is 23.4. The van der Waals surface area contributed by atoms with Crippen LogP contribution in [0.3, 0.4) is 0 Å². The maximum Gasteiger partial charge on any atom is 0.189 e. The fourth-order valence-electron chi connectivity index (χ4n) is 3.73. The molecule has 2 aromatic rings. The fourth-order valence-corrected chi connectivity index (χ4v) is 5.79. The van der Waals surface area contributed by atoms with Gasteiger partial charge in [-0.2, -0.15) is 5.10 Å². The smallest absolute Gasteiger partial charge is 0.189 e. The molecular formula is C19H19ClN2O3S. The van der Waals surface area contributed by atoms with Gasteiger partial charge in [0.05, 0.1) is 23.2 Å². The molecule has 2 heterocycles. The number of carbonyl (C=O) groups excluding carboxylic acids is 1. The second kappa shape index (κ2) is 6.35. The van der Waals surface area contributed by atoms with Gasteiger partial charge in [0.1, 0.15) is 5.15 Å². The molecule has 1 saturated heterocycles. The SMILES string of the molecule is Cc1nn([C@@H]2CCS(=O)(=O)C2)c(Cl)c1/C=C1\CCc2ccccc2C1=O. The van der Waals surface area contributed by atoms with Gasteiger partial charge in [0, 0.05) is 16.7 Å². The molecule has 0 radical (unpaired) electrons. The maximum absolute atomic E-state index is 12.8. The Bertz CT molecular complexity index is 1040. The first-order valence-electron chi connectivity index (χ1n) is 8.64. The number of rotatable bonds is 2. The van der Waals surface area contributed by atoms with Gasteiger partial charge in [-0.05, 0) is 37.8 Å². The first-order valence-corrected chi connectivity index (χ1v) is 10.8. The summed E-state index contributed by atoms with van der Waals surface area (Å²) in [5.74, 6) is 0.257. The summed E-state index contributed by atoms with van der Waals surface area (Å²) in [6.45, 7) is 1.83. The molecule has 0 saturated carbocycles. The molecule has 1 aromatic carbocycles.